The van der Waals surface area contributed by atoms with Crippen LogP contribution in [0.4, 0.5) is 0 Å². The van der Waals surface area contributed by atoms with Crippen LogP contribution in [0.2, 0.25) is 0 Å². The summed E-state index contributed by atoms with van der Waals surface area (Å²) in [5, 5.41) is 0. The number of fused-ring (bicyclic) bond motifs is 1. The highest BCUT2D eigenvalue weighted by molar-refractivity contribution is 5.81. The molecule has 21 heavy (non-hydrogen) atoms. The molecule has 2 aliphatic rings. The van der Waals surface area contributed by atoms with Crippen molar-refractivity contribution in [2.24, 2.45) is 5.73 Å². The number of aryl methyl sites for hydroxylation is 1. The SMILES string of the molecule is NC(CCc1ccccc1)C(=O)N1CCN2CCCC2C1. The molecule has 2 aliphatic heterocycles. The second-order valence-electron chi connectivity index (χ2n) is 6.25. The van der Waals surface area contributed by atoms with Crippen LogP contribution >= 0.6 is 0 Å². The number of carbonyl (C=O) groups is 1. The maximum atomic E-state index is 12.5. The lowest BCUT2D eigenvalue weighted by atomic mass is 10.0. The summed E-state index contributed by atoms with van der Waals surface area (Å²) in [4.78, 5) is 17.0. The molecule has 0 aliphatic carbocycles. The second kappa shape index (κ2) is 6.58. The minimum absolute atomic E-state index is 0.137. The van der Waals surface area contributed by atoms with Gasteiger partial charge < -0.3 is 10.6 Å². The van der Waals surface area contributed by atoms with Crippen molar-refractivity contribution >= 4 is 5.91 Å². The Balaban J connectivity index is 1.50. The zero-order chi connectivity index (χ0) is 14.7. The maximum Gasteiger partial charge on any atom is 0.239 e. The molecule has 1 amide bonds. The van der Waals surface area contributed by atoms with Gasteiger partial charge in [-0.3, -0.25) is 9.69 Å². The standard InChI is InChI=1S/C17H25N3O/c18-16(9-8-14-5-2-1-3-6-14)17(21)20-12-11-19-10-4-7-15(19)13-20/h1-3,5-6,15-16H,4,7-13,18H2. The Morgan fingerprint density at radius 1 is 1.24 bits per heavy atom. The van der Waals surface area contributed by atoms with E-state index >= 15 is 0 Å². The molecule has 4 nitrogen and oxygen atoms in total. The maximum absolute atomic E-state index is 12.5. The van der Waals surface area contributed by atoms with Gasteiger partial charge in [0.2, 0.25) is 5.91 Å². The van der Waals surface area contributed by atoms with Crippen LogP contribution in [0.25, 0.3) is 0 Å². The topological polar surface area (TPSA) is 49.6 Å². The molecule has 0 bridgehead atoms. The van der Waals surface area contributed by atoms with Crippen LogP contribution in [0.1, 0.15) is 24.8 Å². The first-order chi connectivity index (χ1) is 10.2. The van der Waals surface area contributed by atoms with E-state index in [1.807, 2.05) is 23.1 Å². The number of hydrogen-bond acceptors (Lipinski definition) is 3. The monoisotopic (exact) mass is 287 g/mol. The van der Waals surface area contributed by atoms with Crippen molar-refractivity contribution < 1.29 is 4.79 Å². The molecule has 0 aromatic heterocycles. The van der Waals surface area contributed by atoms with Gasteiger partial charge in [-0.15, -0.1) is 0 Å². The van der Waals surface area contributed by atoms with E-state index in [-0.39, 0.29) is 11.9 Å². The fourth-order valence-corrected chi connectivity index (χ4v) is 3.52. The Morgan fingerprint density at radius 2 is 2.05 bits per heavy atom. The Kier molecular flexibility index (Phi) is 4.56. The van der Waals surface area contributed by atoms with Gasteiger partial charge in [-0.1, -0.05) is 30.3 Å². The third kappa shape index (κ3) is 3.44. The van der Waals surface area contributed by atoms with Crippen LogP contribution in [0.15, 0.2) is 30.3 Å². The lowest BCUT2D eigenvalue weighted by Crippen LogP contribution is -2.55. The van der Waals surface area contributed by atoms with Crippen LogP contribution < -0.4 is 5.73 Å². The summed E-state index contributed by atoms with van der Waals surface area (Å²) in [6.45, 7) is 3.93. The van der Waals surface area contributed by atoms with Gasteiger partial charge in [0.1, 0.15) is 0 Å². The second-order valence-corrected chi connectivity index (χ2v) is 6.25. The Labute approximate surface area is 126 Å². The first kappa shape index (κ1) is 14.5. The highest BCUT2D eigenvalue weighted by Gasteiger charge is 2.33. The van der Waals surface area contributed by atoms with E-state index < -0.39 is 0 Å². The molecular formula is C17H25N3O. The third-order valence-electron chi connectivity index (χ3n) is 4.80. The average Bonchev–Trinajstić information content (AvgIpc) is 3.00. The number of nitrogens with two attached hydrogens (primary N) is 1. The summed E-state index contributed by atoms with van der Waals surface area (Å²) in [7, 11) is 0. The number of amides is 1. The fourth-order valence-electron chi connectivity index (χ4n) is 3.52. The summed E-state index contributed by atoms with van der Waals surface area (Å²) in [6.07, 6.45) is 4.10. The number of rotatable bonds is 4. The number of carbonyl (C=O) groups excluding carboxylic acids is 1. The van der Waals surface area contributed by atoms with Gasteiger partial charge in [0, 0.05) is 25.7 Å². The zero-order valence-corrected chi connectivity index (χ0v) is 12.6. The van der Waals surface area contributed by atoms with Crippen molar-refractivity contribution in [2.45, 2.75) is 37.8 Å². The smallest absolute Gasteiger partial charge is 0.239 e. The molecule has 2 unspecified atom stereocenters. The molecular weight excluding hydrogens is 262 g/mol. The largest absolute Gasteiger partial charge is 0.338 e. The third-order valence-corrected chi connectivity index (χ3v) is 4.80. The van der Waals surface area contributed by atoms with Gasteiger partial charge in [-0.05, 0) is 37.8 Å². The molecule has 114 valence electrons. The molecule has 1 aromatic rings. The summed E-state index contributed by atoms with van der Waals surface area (Å²) in [5.74, 6) is 0.137. The van der Waals surface area contributed by atoms with E-state index in [4.69, 9.17) is 5.73 Å². The van der Waals surface area contributed by atoms with E-state index in [0.29, 0.717) is 6.04 Å². The van der Waals surface area contributed by atoms with Gasteiger partial charge in [-0.2, -0.15) is 0 Å². The molecule has 0 radical (unpaired) electrons. The fraction of sp³-hybridized carbons (Fsp3) is 0.588. The Morgan fingerprint density at radius 3 is 2.86 bits per heavy atom. The molecule has 2 N–H and O–H groups in total. The molecule has 2 atom stereocenters. The van der Waals surface area contributed by atoms with Crippen molar-refractivity contribution in [2.75, 3.05) is 26.2 Å². The molecule has 4 heteroatoms. The van der Waals surface area contributed by atoms with E-state index in [1.165, 1.54) is 24.9 Å². The van der Waals surface area contributed by atoms with Crippen LogP contribution in [-0.4, -0.2) is 54.0 Å². The number of benzene rings is 1. The van der Waals surface area contributed by atoms with Gasteiger partial charge in [0.25, 0.3) is 0 Å². The van der Waals surface area contributed by atoms with Crippen molar-refractivity contribution in [3.63, 3.8) is 0 Å². The van der Waals surface area contributed by atoms with E-state index in [0.717, 1.165) is 32.5 Å². The number of hydrogen-bond donors (Lipinski definition) is 1. The minimum atomic E-state index is -0.363. The minimum Gasteiger partial charge on any atom is -0.338 e. The normalized spacial score (nSPS) is 23.9. The van der Waals surface area contributed by atoms with Gasteiger partial charge in [0.05, 0.1) is 6.04 Å². The molecule has 1 aromatic carbocycles. The Hall–Kier alpha value is -1.39. The summed E-state index contributed by atoms with van der Waals surface area (Å²) in [6, 6.07) is 10.5. The zero-order valence-electron chi connectivity index (χ0n) is 12.6. The van der Waals surface area contributed by atoms with Crippen molar-refractivity contribution in [3.05, 3.63) is 35.9 Å². The van der Waals surface area contributed by atoms with Gasteiger partial charge >= 0.3 is 0 Å². The molecule has 2 heterocycles. The lowest BCUT2D eigenvalue weighted by Gasteiger charge is -2.38. The van der Waals surface area contributed by atoms with E-state index in [1.54, 1.807) is 0 Å². The summed E-state index contributed by atoms with van der Waals surface area (Å²) < 4.78 is 0. The van der Waals surface area contributed by atoms with Crippen LogP contribution in [-0.2, 0) is 11.2 Å². The van der Waals surface area contributed by atoms with Crippen molar-refractivity contribution in [1.29, 1.82) is 0 Å². The van der Waals surface area contributed by atoms with Crippen LogP contribution in [0.5, 0.6) is 0 Å². The average molecular weight is 287 g/mol. The molecule has 2 saturated heterocycles. The summed E-state index contributed by atoms with van der Waals surface area (Å²) in [5.41, 5.74) is 7.38. The predicted molar refractivity (Wildman–Crippen MR) is 83.9 cm³/mol. The highest BCUT2D eigenvalue weighted by atomic mass is 16.2. The van der Waals surface area contributed by atoms with E-state index in [9.17, 15) is 4.79 Å². The van der Waals surface area contributed by atoms with Gasteiger partial charge in [0.15, 0.2) is 0 Å². The number of piperazine rings is 1. The van der Waals surface area contributed by atoms with Gasteiger partial charge in [-0.25, -0.2) is 0 Å². The van der Waals surface area contributed by atoms with E-state index in [2.05, 4.69) is 17.0 Å². The first-order valence-electron chi connectivity index (χ1n) is 8.06. The molecule has 3 rings (SSSR count). The van der Waals surface area contributed by atoms with Crippen molar-refractivity contribution in [3.8, 4) is 0 Å². The lowest BCUT2D eigenvalue weighted by molar-refractivity contribution is -0.135. The summed E-state index contributed by atoms with van der Waals surface area (Å²) >= 11 is 0. The highest BCUT2D eigenvalue weighted by Crippen LogP contribution is 2.22. The number of nitrogens with zero attached hydrogens (tertiary/aromatic N) is 2. The quantitative estimate of drug-likeness (QED) is 0.907. The molecule has 0 spiro atoms. The van der Waals surface area contributed by atoms with Crippen molar-refractivity contribution in [1.82, 2.24) is 9.80 Å². The molecule has 0 saturated carbocycles. The van der Waals surface area contributed by atoms with Crippen LogP contribution in [0.3, 0.4) is 0 Å². The molecule has 2 fully saturated rings. The predicted octanol–water partition coefficient (Wildman–Crippen LogP) is 1.25. The Bertz CT molecular complexity index is 476. The first-order valence-corrected chi connectivity index (χ1v) is 8.06. The van der Waals surface area contributed by atoms with Crippen LogP contribution in [0, 0.1) is 0 Å².